The van der Waals surface area contributed by atoms with Crippen molar-refractivity contribution in [3.05, 3.63) is 78.2 Å². The normalized spacial score (nSPS) is 12.5. The minimum atomic E-state index is -1.99. The maximum absolute atomic E-state index is 12.3. The van der Waals surface area contributed by atoms with Gasteiger partial charge in [-0.2, -0.15) is 4.21 Å². The highest BCUT2D eigenvalue weighted by Crippen LogP contribution is 2.35. The van der Waals surface area contributed by atoms with E-state index in [1.54, 1.807) is 30.3 Å². The fraction of sp³-hybridized carbons (Fsp3) is 0.200. The molecule has 0 aliphatic rings. The Hall–Kier alpha value is -3.45. The van der Waals surface area contributed by atoms with Gasteiger partial charge in [0.1, 0.15) is 17.3 Å². The minimum Gasteiger partial charge on any atom is -0.371 e. The van der Waals surface area contributed by atoms with Gasteiger partial charge in [-0.1, -0.05) is 56.8 Å². The summed E-state index contributed by atoms with van der Waals surface area (Å²) in [6, 6.07) is 16.2. The molecule has 1 unspecified atom stereocenters. The molecule has 0 aliphatic carbocycles. The van der Waals surface area contributed by atoms with Gasteiger partial charge in [0.05, 0.1) is 22.5 Å². The van der Waals surface area contributed by atoms with Crippen LogP contribution in [-0.4, -0.2) is 14.3 Å². The van der Waals surface area contributed by atoms with Crippen LogP contribution in [0.2, 0.25) is 0 Å². The zero-order valence-corrected chi connectivity index (χ0v) is 19.2. The van der Waals surface area contributed by atoms with Crippen molar-refractivity contribution < 1.29 is 17.1 Å². The molecule has 4 rings (SSSR count). The lowest BCUT2D eigenvalue weighted by molar-refractivity contribution is 0.375. The SMILES string of the molecule is C=Cc1ccc(OS(=O)Oc2ccc3nc(-c4c(C(C)(C)C)noc4C)ccc3c2)cc1. The van der Waals surface area contributed by atoms with Crippen LogP contribution in [0.1, 0.15) is 37.8 Å². The number of benzene rings is 2. The highest BCUT2D eigenvalue weighted by atomic mass is 32.2. The first-order valence-electron chi connectivity index (χ1n) is 10.1. The van der Waals surface area contributed by atoms with Gasteiger partial charge in [-0.05, 0) is 48.9 Å². The van der Waals surface area contributed by atoms with E-state index in [4.69, 9.17) is 17.9 Å². The molecule has 0 aliphatic heterocycles. The molecule has 2 aromatic heterocycles. The van der Waals surface area contributed by atoms with Crippen LogP contribution >= 0.6 is 0 Å². The number of fused-ring (bicyclic) bond motifs is 1. The number of nitrogens with zero attached hydrogens (tertiary/aromatic N) is 2. The van der Waals surface area contributed by atoms with Crippen LogP contribution in [0.3, 0.4) is 0 Å². The van der Waals surface area contributed by atoms with Gasteiger partial charge in [-0.15, -0.1) is 0 Å². The summed E-state index contributed by atoms with van der Waals surface area (Å²) in [5, 5.41) is 5.10. The van der Waals surface area contributed by atoms with Gasteiger partial charge >= 0.3 is 11.4 Å². The van der Waals surface area contributed by atoms with Crippen molar-refractivity contribution in [1.82, 2.24) is 10.1 Å². The zero-order chi connectivity index (χ0) is 22.9. The fourth-order valence-electron chi connectivity index (χ4n) is 3.31. The van der Waals surface area contributed by atoms with Gasteiger partial charge in [0.2, 0.25) is 0 Å². The van der Waals surface area contributed by atoms with Crippen molar-refractivity contribution in [2.24, 2.45) is 0 Å². The van der Waals surface area contributed by atoms with Gasteiger partial charge in [0.25, 0.3) is 0 Å². The standard InChI is InChI=1S/C25H24N2O4S/c1-6-17-7-10-19(11-8-17)30-32(28)31-20-12-14-21-18(15-20)9-13-22(26-21)23-16(2)29-27-24(23)25(3,4)5/h6-15H,1H2,2-5H3. The second kappa shape index (κ2) is 8.59. The Balaban J connectivity index is 1.55. The highest BCUT2D eigenvalue weighted by molar-refractivity contribution is 7.75. The smallest absolute Gasteiger partial charge is 0.371 e. The molecular formula is C25H24N2O4S. The highest BCUT2D eigenvalue weighted by Gasteiger charge is 2.26. The van der Waals surface area contributed by atoms with Crippen molar-refractivity contribution in [2.75, 3.05) is 0 Å². The summed E-state index contributed by atoms with van der Waals surface area (Å²) in [6.45, 7) is 11.9. The summed E-state index contributed by atoms with van der Waals surface area (Å²) < 4.78 is 28.5. The molecule has 32 heavy (non-hydrogen) atoms. The minimum absolute atomic E-state index is 0.169. The van der Waals surface area contributed by atoms with E-state index in [0.717, 1.165) is 39.2 Å². The third-order valence-corrected chi connectivity index (χ3v) is 5.59. The molecular weight excluding hydrogens is 424 g/mol. The second-order valence-electron chi connectivity index (χ2n) is 8.41. The van der Waals surface area contributed by atoms with E-state index in [0.29, 0.717) is 11.5 Å². The van der Waals surface area contributed by atoms with Crippen LogP contribution in [0, 0.1) is 6.92 Å². The van der Waals surface area contributed by atoms with Gasteiger partial charge in [-0.25, -0.2) is 4.98 Å². The molecule has 6 nitrogen and oxygen atoms in total. The predicted octanol–water partition coefficient (Wildman–Crippen LogP) is 6.18. The summed E-state index contributed by atoms with van der Waals surface area (Å²) in [5.74, 6) is 1.60. The Labute approximate surface area is 189 Å². The Morgan fingerprint density at radius 3 is 2.38 bits per heavy atom. The quantitative estimate of drug-likeness (QED) is 0.351. The number of hydrogen-bond acceptors (Lipinski definition) is 6. The van der Waals surface area contributed by atoms with Crippen LogP contribution in [0.15, 0.2) is 65.7 Å². The maximum atomic E-state index is 12.3. The van der Waals surface area contributed by atoms with E-state index in [1.807, 2.05) is 37.3 Å². The van der Waals surface area contributed by atoms with E-state index in [2.05, 4.69) is 32.5 Å². The van der Waals surface area contributed by atoms with Crippen molar-refractivity contribution in [2.45, 2.75) is 33.1 Å². The molecule has 0 N–H and O–H groups in total. The summed E-state index contributed by atoms with van der Waals surface area (Å²) in [6.07, 6.45) is 1.72. The molecule has 1 atom stereocenters. The van der Waals surface area contributed by atoms with Crippen LogP contribution in [0.4, 0.5) is 0 Å². The molecule has 2 aromatic carbocycles. The molecule has 0 fully saturated rings. The lowest BCUT2D eigenvalue weighted by Crippen LogP contribution is -2.13. The third-order valence-electron chi connectivity index (χ3n) is 4.93. The zero-order valence-electron chi connectivity index (χ0n) is 18.4. The fourth-order valence-corrected chi connectivity index (χ4v) is 3.88. The van der Waals surface area contributed by atoms with Gasteiger partial charge < -0.3 is 12.9 Å². The molecule has 0 radical (unpaired) electrons. The van der Waals surface area contributed by atoms with Crippen molar-refractivity contribution in [3.8, 4) is 22.8 Å². The van der Waals surface area contributed by atoms with Crippen LogP contribution in [0.25, 0.3) is 28.2 Å². The van der Waals surface area contributed by atoms with E-state index >= 15 is 0 Å². The van der Waals surface area contributed by atoms with E-state index in [9.17, 15) is 4.21 Å². The third kappa shape index (κ3) is 4.57. The summed E-state index contributed by atoms with van der Waals surface area (Å²) in [4.78, 5) is 4.79. The molecule has 2 heterocycles. The molecule has 0 saturated carbocycles. The van der Waals surface area contributed by atoms with Gasteiger partial charge in [-0.3, -0.25) is 0 Å². The number of rotatable bonds is 6. The Morgan fingerprint density at radius 2 is 1.69 bits per heavy atom. The summed E-state index contributed by atoms with van der Waals surface area (Å²) in [7, 11) is 0. The first kappa shape index (κ1) is 21.8. The second-order valence-corrected chi connectivity index (χ2v) is 9.15. The summed E-state index contributed by atoms with van der Waals surface area (Å²) in [5.41, 5.74) is 4.14. The lowest BCUT2D eigenvalue weighted by Gasteiger charge is -2.16. The maximum Gasteiger partial charge on any atom is 0.417 e. The molecule has 7 heteroatoms. The predicted molar refractivity (Wildman–Crippen MR) is 127 cm³/mol. The van der Waals surface area contributed by atoms with Crippen molar-refractivity contribution in [3.63, 3.8) is 0 Å². The van der Waals surface area contributed by atoms with Crippen molar-refractivity contribution in [1.29, 1.82) is 0 Å². The Bertz CT molecular complexity index is 1300. The molecule has 164 valence electrons. The van der Waals surface area contributed by atoms with E-state index in [1.165, 1.54) is 0 Å². The first-order chi connectivity index (χ1) is 15.2. The summed E-state index contributed by atoms with van der Waals surface area (Å²) >= 11 is -1.99. The first-order valence-corrected chi connectivity index (χ1v) is 11.1. The average molecular weight is 449 g/mol. The van der Waals surface area contributed by atoms with Crippen LogP contribution in [0.5, 0.6) is 11.5 Å². The monoisotopic (exact) mass is 448 g/mol. The van der Waals surface area contributed by atoms with Crippen LogP contribution < -0.4 is 8.37 Å². The topological polar surface area (TPSA) is 74.5 Å². The number of aromatic nitrogens is 2. The average Bonchev–Trinajstić information content (AvgIpc) is 3.16. The Kier molecular flexibility index (Phi) is 5.84. The molecule has 0 amide bonds. The van der Waals surface area contributed by atoms with E-state index < -0.39 is 11.4 Å². The molecule has 0 saturated heterocycles. The molecule has 4 aromatic rings. The Morgan fingerprint density at radius 1 is 1.00 bits per heavy atom. The van der Waals surface area contributed by atoms with Crippen LogP contribution in [-0.2, 0) is 16.8 Å². The lowest BCUT2D eigenvalue weighted by atomic mass is 9.87. The van der Waals surface area contributed by atoms with E-state index in [-0.39, 0.29) is 5.41 Å². The molecule has 0 spiro atoms. The van der Waals surface area contributed by atoms with Gasteiger partial charge in [0, 0.05) is 10.8 Å². The van der Waals surface area contributed by atoms with Gasteiger partial charge in [0.15, 0.2) is 0 Å². The number of pyridine rings is 1. The number of hydrogen-bond donors (Lipinski definition) is 0. The number of aryl methyl sites for hydroxylation is 1. The van der Waals surface area contributed by atoms with Crippen molar-refractivity contribution >= 4 is 28.3 Å². The molecule has 0 bridgehead atoms. The largest absolute Gasteiger partial charge is 0.417 e.